The van der Waals surface area contributed by atoms with Crippen LogP contribution in [0.1, 0.15) is 36.1 Å². The Balaban J connectivity index is 1.51. The smallest absolute Gasteiger partial charge is 0.319 e. The summed E-state index contributed by atoms with van der Waals surface area (Å²) in [7, 11) is 0. The molecule has 2 aliphatic heterocycles. The molecule has 2 aliphatic rings. The van der Waals surface area contributed by atoms with Crippen molar-refractivity contribution in [3.63, 3.8) is 0 Å². The zero-order valence-electron chi connectivity index (χ0n) is 22.6. The molecule has 0 aromatic heterocycles. The summed E-state index contributed by atoms with van der Waals surface area (Å²) in [5, 5.41) is 13.0. The SMILES string of the molecule is CCc1cc(Cc2cc(Cl)c(NC(=O)C(=O)C3NC(=O)NC3=O)c(CC)c2)cc(Cl)c1NC(=O)C(=O)C1NC(=O)NC1=O. The van der Waals surface area contributed by atoms with E-state index in [1.807, 2.05) is 24.5 Å². The molecule has 0 bridgehead atoms. The third-order valence-electron chi connectivity index (χ3n) is 6.63. The highest BCUT2D eigenvalue weighted by molar-refractivity contribution is 6.49. The first-order valence-electron chi connectivity index (χ1n) is 12.9. The summed E-state index contributed by atoms with van der Waals surface area (Å²) in [6.07, 6.45) is 1.15. The molecule has 2 unspecified atom stereocenters. The van der Waals surface area contributed by atoms with Gasteiger partial charge in [-0.3, -0.25) is 39.4 Å². The summed E-state index contributed by atoms with van der Waals surface area (Å²) in [6.45, 7) is 3.62. The lowest BCUT2D eigenvalue weighted by molar-refractivity contribution is -0.138. The molecule has 2 saturated heterocycles. The molecular weight excluding hydrogens is 607 g/mol. The first-order valence-corrected chi connectivity index (χ1v) is 13.6. The molecule has 4 rings (SSSR count). The molecule has 6 N–H and O–H groups in total. The monoisotopic (exact) mass is 630 g/mol. The lowest BCUT2D eigenvalue weighted by atomic mass is 9.97. The van der Waals surface area contributed by atoms with Crippen LogP contribution in [0.4, 0.5) is 21.0 Å². The number of amides is 8. The Bertz CT molecular complexity index is 1510. The number of rotatable bonds is 10. The van der Waals surface area contributed by atoms with Crippen molar-refractivity contribution in [1.82, 2.24) is 21.3 Å². The van der Waals surface area contributed by atoms with E-state index in [1.54, 1.807) is 24.3 Å². The van der Waals surface area contributed by atoms with Crippen molar-refractivity contribution in [2.75, 3.05) is 10.6 Å². The number of Topliss-reactive ketones (excluding diaryl/α,β-unsaturated/α-hetero) is 2. The number of carbonyl (C=O) groups is 8. The molecule has 0 spiro atoms. The van der Waals surface area contributed by atoms with Gasteiger partial charge in [0, 0.05) is 0 Å². The third kappa shape index (κ3) is 6.65. The second-order valence-electron chi connectivity index (χ2n) is 9.54. The number of hydrogen-bond donors (Lipinski definition) is 6. The van der Waals surface area contributed by atoms with Gasteiger partial charge in [0.15, 0.2) is 12.1 Å². The van der Waals surface area contributed by atoms with Crippen molar-refractivity contribution in [3.8, 4) is 0 Å². The summed E-state index contributed by atoms with van der Waals surface area (Å²) in [6, 6.07) is 1.67. The molecule has 8 amide bonds. The van der Waals surface area contributed by atoms with Gasteiger partial charge in [0.2, 0.25) is 0 Å². The lowest BCUT2D eigenvalue weighted by Crippen LogP contribution is -2.44. The van der Waals surface area contributed by atoms with Gasteiger partial charge in [-0.2, -0.15) is 0 Å². The van der Waals surface area contributed by atoms with E-state index < -0.39 is 59.3 Å². The number of aryl methyl sites for hydroxylation is 2. The van der Waals surface area contributed by atoms with Gasteiger partial charge in [-0.05, 0) is 53.6 Å². The first-order chi connectivity index (χ1) is 20.3. The first kappa shape index (κ1) is 31.1. The maximum absolute atomic E-state index is 12.6. The van der Waals surface area contributed by atoms with Gasteiger partial charge in [0.25, 0.3) is 35.2 Å². The summed E-state index contributed by atoms with van der Waals surface area (Å²) < 4.78 is 0. The van der Waals surface area contributed by atoms with Gasteiger partial charge in [-0.25, -0.2) is 9.59 Å². The van der Waals surface area contributed by atoms with E-state index >= 15 is 0 Å². The topological polar surface area (TPSA) is 209 Å². The fourth-order valence-corrected chi connectivity index (χ4v) is 5.16. The lowest BCUT2D eigenvalue weighted by Gasteiger charge is -2.17. The van der Waals surface area contributed by atoms with E-state index in [2.05, 4.69) is 21.3 Å². The Labute approximate surface area is 253 Å². The molecule has 14 nitrogen and oxygen atoms in total. The summed E-state index contributed by atoms with van der Waals surface area (Å²) >= 11 is 13.0. The van der Waals surface area contributed by atoms with E-state index in [0.717, 1.165) is 11.1 Å². The van der Waals surface area contributed by atoms with E-state index in [9.17, 15) is 38.4 Å². The van der Waals surface area contributed by atoms with Crippen LogP contribution in [0.25, 0.3) is 0 Å². The highest BCUT2D eigenvalue weighted by Gasteiger charge is 2.40. The molecule has 2 atom stereocenters. The van der Waals surface area contributed by atoms with Crippen molar-refractivity contribution in [3.05, 3.63) is 56.6 Å². The van der Waals surface area contributed by atoms with Gasteiger partial charge in [-0.15, -0.1) is 0 Å². The number of imide groups is 2. The van der Waals surface area contributed by atoms with Gasteiger partial charge < -0.3 is 21.3 Å². The summed E-state index contributed by atoms with van der Waals surface area (Å²) in [5.74, 6) is -6.43. The van der Waals surface area contributed by atoms with Crippen LogP contribution in [-0.2, 0) is 48.0 Å². The van der Waals surface area contributed by atoms with Gasteiger partial charge >= 0.3 is 12.1 Å². The molecule has 16 heteroatoms. The Kier molecular flexibility index (Phi) is 9.11. The van der Waals surface area contributed by atoms with Crippen LogP contribution in [0.5, 0.6) is 0 Å². The largest absolute Gasteiger partial charge is 0.322 e. The Morgan fingerprint density at radius 3 is 1.35 bits per heavy atom. The molecule has 224 valence electrons. The fraction of sp³-hybridized carbons (Fsp3) is 0.259. The van der Waals surface area contributed by atoms with Crippen LogP contribution in [-0.4, -0.2) is 59.3 Å². The van der Waals surface area contributed by atoms with Crippen LogP contribution < -0.4 is 31.9 Å². The minimum absolute atomic E-state index is 0.127. The van der Waals surface area contributed by atoms with E-state index in [0.29, 0.717) is 30.4 Å². The van der Waals surface area contributed by atoms with E-state index in [1.165, 1.54) is 0 Å². The normalized spacial score (nSPS) is 17.5. The second-order valence-corrected chi connectivity index (χ2v) is 10.4. The minimum atomic E-state index is -1.64. The van der Waals surface area contributed by atoms with Gasteiger partial charge in [0.1, 0.15) is 0 Å². The van der Waals surface area contributed by atoms with Crippen LogP contribution >= 0.6 is 23.2 Å². The second kappa shape index (κ2) is 12.6. The zero-order chi connectivity index (χ0) is 31.6. The maximum Gasteiger partial charge on any atom is 0.322 e. The van der Waals surface area contributed by atoms with Crippen LogP contribution in [0.15, 0.2) is 24.3 Å². The highest BCUT2D eigenvalue weighted by Crippen LogP contribution is 2.33. The number of nitrogens with one attached hydrogen (secondary N) is 6. The standard InChI is InChI=1S/C27H24Cl2N6O8/c1-3-12-6-10(8-14(28)16(12)30-24(40)20(36)18-22(38)34-26(42)32-18)5-11-7-13(4-2)17(15(29)9-11)31-25(41)21(37)19-23(39)35-27(43)33-19/h6-9,18-19H,3-5H2,1-2H3,(H,30,40)(H,31,41)(H2,32,34,38,42)(H2,33,35,39,43). The van der Waals surface area contributed by atoms with Gasteiger partial charge in [0.05, 0.1) is 21.4 Å². The maximum atomic E-state index is 12.6. The number of carbonyl (C=O) groups excluding carboxylic acids is 8. The van der Waals surface area contributed by atoms with Crippen LogP contribution in [0, 0.1) is 0 Å². The predicted octanol–water partition coefficient (Wildman–Crippen LogP) is 1.14. The van der Waals surface area contributed by atoms with Crippen molar-refractivity contribution in [1.29, 1.82) is 0 Å². The van der Waals surface area contributed by atoms with Crippen molar-refractivity contribution in [2.24, 2.45) is 0 Å². The van der Waals surface area contributed by atoms with Crippen molar-refractivity contribution in [2.45, 2.75) is 45.2 Å². The zero-order valence-corrected chi connectivity index (χ0v) is 24.1. The summed E-state index contributed by atoms with van der Waals surface area (Å²) in [4.78, 5) is 96.1. The average molecular weight is 631 g/mol. The summed E-state index contributed by atoms with van der Waals surface area (Å²) in [5.41, 5.74) is 2.99. The molecule has 0 radical (unpaired) electrons. The molecule has 0 aliphatic carbocycles. The average Bonchev–Trinajstić information content (AvgIpc) is 3.48. The Morgan fingerprint density at radius 1 is 0.674 bits per heavy atom. The van der Waals surface area contributed by atoms with Crippen molar-refractivity contribution >= 4 is 81.8 Å². The predicted molar refractivity (Wildman–Crippen MR) is 153 cm³/mol. The molecule has 0 saturated carbocycles. The molecular formula is C27H24Cl2N6O8. The minimum Gasteiger partial charge on any atom is -0.319 e. The molecule has 2 aromatic carbocycles. The molecule has 2 fully saturated rings. The number of halogens is 2. The van der Waals surface area contributed by atoms with Crippen LogP contribution in [0.3, 0.4) is 0 Å². The quantitative estimate of drug-likeness (QED) is 0.127. The van der Waals surface area contributed by atoms with Crippen molar-refractivity contribution < 1.29 is 38.4 Å². The number of benzene rings is 2. The number of ketones is 2. The Morgan fingerprint density at radius 2 is 1.05 bits per heavy atom. The molecule has 2 heterocycles. The van der Waals surface area contributed by atoms with E-state index in [4.69, 9.17) is 23.2 Å². The Hall–Kier alpha value is -4.82. The third-order valence-corrected chi connectivity index (χ3v) is 7.23. The number of hydrogen-bond acceptors (Lipinski definition) is 8. The number of anilines is 2. The highest BCUT2D eigenvalue weighted by atomic mass is 35.5. The van der Waals surface area contributed by atoms with Crippen LogP contribution in [0.2, 0.25) is 10.0 Å². The fourth-order valence-electron chi connectivity index (χ4n) is 4.54. The molecule has 43 heavy (non-hydrogen) atoms. The van der Waals surface area contributed by atoms with E-state index in [-0.39, 0.29) is 21.4 Å². The molecule has 2 aromatic rings. The van der Waals surface area contributed by atoms with Gasteiger partial charge in [-0.1, -0.05) is 49.2 Å². The number of urea groups is 2.